The topological polar surface area (TPSA) is 84.2 Å². The number of carbonyl (C=O) groups is 1. The molecular formula is C19H26N6O2. The number of nitrogens with zero attached hydrogens (tertiary/aromatic N) is 6. The van der Waals surface area contributed by atoms with Gasteiger partial charge in [-0.25, -0.2) is 14.6 Å². The monoisotopic (exact) mass is 370 g/mol. The summed E-state index contributed by atoms with van der Waals surface area (Å²) in [4.78, 5) is 37.1. The van der Waals surface area contributed by atoms with E-state index < -0.39 is 0 Å². The van der Waals surface area contributed by atoms with Gasteiger partial charge in [-0.3, -0.25) is 9.59 Å². The predicted molar refractivity (Wildman–Crippen MR) is 103 cm³/mol. The summed E-state index contributed by atoms with van der Waals surface area (Å²) in [6.45, 7) is 7.00. The Bertz CT molecular complexity index is 870. The Labute approximate surface area is 158 Å². The van der Waals surface area contributed by atoms with E-state index in [9.17, 15) is 9.59 Å². The molecular weight excluding hydrogens is 344 g/mol. The van der Waals surface area contributed by atoms with Crippen LogP contribution in [0.15, 0.2) is 29.3 Å². The van der Waals surface area contributed by atoms with Gasteiger partial charge in [0.1, 0.15) is 17.8 Å². The third kappa shape index (κ3) is 4.15. The molecule has 1 aliphatic heterocycles. The number of hydrogen-bond acceptors (Lipinski definition) is 6. The van der Waals surface area contributed by atoms with Crippen molar-refractivity contribution in [1.29, 1.82) is 0 Å². The number of carbonyl (C=O) groups excluding carboxylic acids is 1. The van der Waals surface area contributed by atoms with Gasteiger partial charge < -0.3 is 9.80 Å². The van der Waals surface area contributed by atoms with Crippen molar-refractivity contribution in [3.63, 3.8) is 0 Å². The van der Waals surface area contributed by atoms with Crippen LogP contribution in [0.2, 0.25) is 0 Å². The fourth-order valence-corrected chi connectivity index (χ4v) is 3.35. The van der Waals surface area contributed by atoms with E-state index in [1.54, 1.807) is 6.33 Å². The number of aromatic nitrogens is 4. The first-order chi connectivity index (χ1) is 12.9. The van der Waals surface area contributed by atoms with Gasteiger partial charge in [0.2, 0.25) is 0 Å². The number of rotatable bonds is 4. The summed E-state index contributed by atoms with van der Waals surface area (Å²) >= 11 is 0. The number of aryl methyl sites for hydroxylation is 1. The van der Waals surface area contributed by atoms with Crippen molar-refractivity contribution in [2.24, 2.45) is 0 Å². The van der Waals surface area contributed by atoms with Crippen molar-refractivity contribution in [3.8, 4) is 0 Å². The van der Waals surface area contributed by atoms with Gasteiger partial charge in [-0.15, -0.1) is 0 Å². The number of piperidine rings is 1. The minimum absolute atomic E-state index is 0.0824. The molecule has 3 rings (SSSR count). The minimum Gasteiger partial charge on any atom is -0.356 e. The molecule has 27 heavy (non-hydrogen) atoms. The summed E-state index contributed by atoms with van der Waals surface area (Å²) in [5.41, 5.74) is 1.06. The second-order valence-corrected chi connectivity index (χ2v) is 7.25. The molecule has 144 valence electrons. The van der Waals surface area contributed by atoms with Crippen LogP contribution < -0.4 is 10.5 Å². The first kappa shape index (κ1) is 19.0. The van der Waals surface area contributed by atoms with E-state index in [4.69, 9.17) is 0 Å². The van der Waals surface area contributed by atoms with Gasteiger partial charge >= 0.3 is 0 Å². The maximum atomic E-state index is 12.8. The number of amides is 1. The van der Waals surface area contributed by atoms with Crippen LogP contribution in [0.1, 0.15) is 48.9 Å². The van der Waals surface area contributed by atoms with Crippen molar-refractivity contribution >= 4 is 11.7 Å². The lowest BCUT2D eigenvalue weighted by Crippen LogP contribution is -2.46. The largest absolute Gasteiger partial charge is 0.356 e. The van der Waals surface area contributed by atoms with Gasteiger partial charge in [0.15, 0.2) is 0 Å². The Hall–Kier alpha value is -2.77. The van der Waals surface area contributed by atoms with E-state index in [0.717, 1.165) is 24.4 Å². The van der Waals surface area contributed by atoms with Crippen molar-refractivity contribution in [2.45, 2.75) is 45.7 Å². The molecule has 0 unspecified atom stereocenters. The van der Waals surface area contributed by atoms with Gasteiger partial charge in [0.25, 0.3) is 11.5 Å². The van der Waals surface area contributed by atoms with Crippen LogP contribution in [0.25, 0.3) is 0 Å². The highest BCUT2D eigenvalue weighted by Gasteiger charge is 2.27. The van der Waals surface area contributed by atoms with Crippen molar-refractivity contribution in [2.75, 3.05) is 25.0 Å². The molecule has 0 bridgehead atoms. The van der Waals surface area contributed by atoms with Gasteiger partial charge in [-0.1, -0.05) is 0 Å². The van der Waals surface area contributed by atoms with Gasteiger partial charge in [-0.05, 0) is 39.7 Å². The Kier molecular flexibility index (Phi) is 5.53. The lowest BCUT2D eigenvalue weighted by atomic mass is 10.0. The van der Waals surface area contributed by atoms with Crippen LogP contribution in [-0.2, 0) is 0 Å². The average Bonchev–Trinajstić information content (AvgIpc) is 2.67. The molecule has 0 spiro atoms. The van der Waals surface area contributed by atoms with E-state index in [1.807, 2.05) is 38.8 Å². The molecule has 8 nitrogen and oxygen atoms in total. The lowest BCUT2D eigenvalue weighted by molar-refractivity contribution is 0.0704. The zero-order valence-corrected chi connectivity index (χ0v) is 16.3. The third-order valence-electron chi connectivity index (χ3n) is 4.98. The third-order valence-corrected chi connectivity index (χ3v) is 4.98. The molecule has 0 N–H and O–H groups in total. The first-order valence-electron chi connectivity index (χ1n) is 9.27. The Morgan fingerprint density at radius 3 is 2.56 bits per heavy atom. The fraction of sp³-hybridized carbons (Fsp3) is 0.526. The lowest BCUT2D eigenvalue weighted by Gasteiger charge is -2.37. The van der Waals surface area contributed by atoms with Gasteiger partial charge in [0.05, 0.1) is 6.04 Å². The van der Waals surface area contributed by atoms with Crippen LogP contribution >= 0.6 is 0 Å². The zero-order valence-electron chi connectivity index (χ0n) is 16.3. The molecule has 2 aromatic heterocycles. The second kappa shape index (κ2) is 7.85. The summed E-state index contributed by atoms with van der Waals surface area (Å²) in [6, 6.07) is 5.14. The highest BCUT2D eigenvalue weighted by molar-refractivity contribution is 5.92. The number of hydrogen-bond donors (Lipinski definition) is 0. The predicted octanol–water partition coefficient (Wildman–Crippen LogP) is 1.66. The summed E-state index contributed by atoms with van der Waals surface area (Å²) in [5, 5.41) is 4.24. The van der Waals surface area contributed by atoms with E-state index >= 15 is 0 Å². The molecule has 1 saturated heterocycles. The van der Waals surface area contributed by atoms with Crippen LogP contribution in [-0.4, -0.2) is 56.7 Å². The molecule has 0 radical (unpaired) electrons. The average molecular weight is 370 g/mol. The molecule has 0 saturated carbocycles. The molecule has 0 atom stereocenters. The zero-order chi connectivity index (χ0) is 19.6. The summed E-state index contributed by atoms with van der Waals surface area (Å²) < 4.78 is 1.35. The van der Waals surface area contributed by atoms with E-state index in [-0.39, 0.29) is 17.5 Å². The maximum absolute atomic E-state index is 12.8. The molecule has 2 aromatic rings. The molecule has 1 amide bonds. The smallest absolute Gasteiger partial charge is 0.274 e. The first-order valence-corrected chi connectivity index (χ1v) is 9.27. The molecule has 1 fully saturated rings. The van der Waals surface area contributed by atoms with Crippen LogP contribution in [0, 0.1) is 6.92 Å². The second-order valence-electron chi connectivity index (χ2n) is 7.25. The van der Waals surface area contributed by atoms with Gasteiger partial charge in [0, 0.05) is 44.0 Å². The van der Waals surface area contributed by atoms with Crippen molar-refractivity contribution < 1.29 is 4.79 Å². The summed E-state index contributed by atoms with van der Waals surface area (Å²) in [5.74, 6) is 0.779. The number of likely N-dealkylation sites (tertiary alicyclic amines) is 1. The summed E-state index contributed by atoms with van der Waals surface area (Å²) in [6.07, 6.45) is 3.29. The Balaban J connectivity index is 1.66. The van der Waals surface area contributed by atoms with Crippen molar-refractivity contribution in [3.05, 3.63) is 46.3 Å². The van der Waals surface area contributed by atoms with Crippen LogP contribution in [0.5, 0.6) is 0 Å². The van der Waals surface area contributed by atoms with E-state index in [2.05, 4.69) is 20.0 Å². The molecule has 0 aromatic carbocycles. The fourth-order valence-electron chi connectivity index (χ4n) is 3.35. The van der Waals surface area contributed by atoms with Crippen LogP contribution in [0.3, 0.4) is 0 Å². The molecule has 8 heteroatoms. The van der Waals surface area contributed by atoms with Crippen molar-refractivity contribution in [1.82, 2.24) is 24.6 Å². The number of anilines is 1. The highest BCUT2D eigenvalue weighted by Crippen LogP contribution is 2.21. The quantitative estimate of drug-likeness (QED) is 0.814. The van der Waals surface area contributed by atoms with E-state index in [0.29, 0.717) is 24.8 Å². The van der Waals surface area contributed by atoms with Gasteiger partial charge in [-0.2, -0.15) is 5.10 Å². The minimum atomic E-state index is -0.193. The normalized spacial score (nSPS) is 15.2. The highest BCUT2D eigenvalue weighted by atomic mass is 16.2. The molecule has 0 aliphatic carbocycles. The summed E-state index contributed by atoms with van der Waals surface area (Å²) in [7, 11) is 2.03. The standard InChI is InChI=1S/C19H26N6O2/c1-13(2)25-18(26)6-5-16(22-25)19(27)24-9-7-15(8-10-24)23(4)17-11-14(3)20-12-21-17/h5-6,11-13,15H,7-10H2,1-4H3. The Morgan fingerprint density at radius 2 is 1.93 bits per heavy atom. The SMILES string of the molecule is Cc1cc(N(C)C2CCN(C(=O)c3ccc(=O)n(C(C)C)n3)CC2)ncn1. The Morgan fingerprint density at radius 1 is 1.22 bits per heavy atom. The molecule has 1 aliphatic rings. The molecule has 3 heterocycles. The maximum Gasteiger partial charge on any atom is 0.274 e. The van der Waals surface area contributed by atoms with Crippen LogP contribution in [0.4, 0.5) is 5.82 Å². The van der Waals surface area contributed by atoms with E-state index in [1.165, 1.54) is 16.8 Å².